The van der Waals surface area contributed by atoms with Crippen molar-refractivity contribution in [2.45, 2.75) is 197 Å². The lowest BCUT2D eigenvalue weighted by Crippen LogP contribution is -2.65. The number of nitrogens with one attached hydrogen (secondary N) is 1. The van der Waals surface area contributed by atoms with E-state index < -0.39 is 86.8 Å². The van der Waals surface area contributed by atoms with Crippen LogP contribution < -0.4 is 5.32 Å². The number of allylic oxidation sites excluding steroid dienone is 17. The summed E-state index contributed by atoms with van der Waals surface area (Å²) in [5, 5.41) is 86.2. The Labute approximate surface area is 400 Å². The SMILES string of the molecule is CC/C=C\C/C=C\C/C=C\C/C=C\C/C=C\C/C=C\C/C=C\C/C=C\CCCCC(=O)NC(COC1OC(CO)C(OC2OC(CO)C(O)C(O)C2O)C(O)C1O)C(O)/C=C/CCCCCC. The predicted octanol–water partition coefficient (Wildman–Crippen LogP) is 6.15. The fourth-order valence-electron chi connectivity index (χ4n) is 7.18. The van der Waals surface area contributed by atoms with Gasteiger partial charge in [0, 0.05) is 6.42 Å². The van der Waals surface area contributed by atoms with Gasteiger partial charge in [0.25, 0.3) is 0 Å². The maximum absolute atomic E-state index is 13.1. The summed E-state index contributed by atoms with van der Waals surface area (Å²) >= 11 is 0. The number of carbonyl (C=O) groups is 1. The average Bonchev–Trinajstić information content (AvgIpc) is 3.32. The molecule has 0 aromatic heterocycles. The molecule has 2 aliphatic heterocycles. The highest BCUT2D eigenvalue weighted by molar-refractivity contribution is 5.76. The Morgan fingerprint density at radius 2 is 1.03 bits per heavy atom. The van der Waals surface area contributed by atoms with Crippen LogP contribution in [0.5, 0.6) is 0 Å². The first-order valence-electron chi connectivity index (χ1n) is 24.6. The van der Waals surface area contributed by atoms with Crippen molar-refractivity contribution in [1.29, 1.82) is 0 Å². The first-order valence-corrected chi connectivity index (χ1v) is 24.6. The number of hydrogen-bond acceptors (Lipinski definition) is 13. The number of unbranched alkanes of at least 4 members (excludes halogenated alkanes) is 6. The van der Waals surface area contributed by atoms with Crippen LogP contribution in [0.1, 0.15) is 123 Å². The number of hydrogen-bond donors (Lipinski definition) is 9. The number of amides is 1. The number of carbonyl (C=O) groups excluding carboxylic acids is 1. The molecule has 0 aromatic rings. The van der Waals surface area contributed by atoms with Crippen LogP contribution in [0, 0.1) is 0 Å². The zero-order chi connectivity index (χ0) is 48.9. The molecule has 0 spiro atoms. The molecule has 2 rings (SSSR count). The van der Waals surface area contributed by atoms with Gasteiger partial charge in [-0.1, -0.05) is 142 Å². The van der Waals surface area contributed by atoms with Crippen molar-refractivity contribution in [3.8, 4) is 0 Å². The normalized spacial score (nSPS) is 27.6. The summed E-state index contributed by atoms with van der Waals surface area (Å²) in [6.45, 7) is 2.50. The molecule has 1 amide bonds. The molecule has 2 aliphatic rings. The van der Waals surface area contributed by atoms with E-state index in [1.807, 2.05) is 6.08 Å². The maximum Gasteiger partial charge on any atom is 0.220 e. The summed E-state index contributed by atoms with van der Waals surface area (Å²) in [6, 6.07) is -0.942. The van der Waals surface area contributed by atoms with Gasteiger partial charge >= 0.3 is 0 Å². The van der Waals surface area contributed by atoms with Crippen LogP contribution in [-0.4, -0.2) is 140 Å². The Hall–Kier alpha value is -3.35. The van der Waals surface area contributed by atoms with E-state index in [1.54, 1.807) is 6.08 Å². The first-order chi connectivity index (χ1) is 32.6. The molecule has 0 saturated carbocycles. The standard InChI is InChI=1S/C53H85NO13/c1-3-5-7-9-11-12-13-14-15-16-17-18-19-20-21-22-23-24-25-26-27-28-29-30-31-33-35-37-45(58)54-41(42(57)36-34-32-10-8-6-4-2)40-64-52-50(63)48(61)51(44(39-56)66-52)67-53-49(62)47(60)46(59)43(38-55)65-53/h5,7,11-12,14-15,17-18,20-21,23-24,26-27,29-30,34,36,41-44,46-53,55-57,59-63H,3-4,6,8-10,13,16,19,22,25,28,31-33,35,37-40H2,1-2H3,(H,54,58)/b7-5-,12-11-,15-14-,18-17-,21-20-,24-23-,27-26-,30-29-,36-34+. The minimum absolute atomic E-state index is 0.217. The number of ether oxygens (including phenoxy) is 4. The Balaban J connectivity index is 1.75. The Morgan fingerprint density at radius 3 is 1.55 bits per heavy atom. The Kier molecular flexibility index (Phi) is 34.3. The van der Waals surface area contributed by atoms with Gasteiger partial charge in [0.15, 0.2) is 12.6 Å². The van der Waals surface area contributed by atoms with Crippen molar-refractivity contribution in [2.75, 3.05) is 19.8 Å². The van der Waals surface area contributed by atoms with Gasteiger partial charge in [-0.3, -0.25) is 4.79 Å². The molecule has 2 heterocycles. The zero-order valence-corrected chi connectivity index (χ0v) is 40.1. The lowest BCUT2D eigenvalue weighted by molar-refractivity contribution is -0.359. The highest BCUT2D eigenvalue weighted by Gasteiger charge is 2.51. The van der Waals surface area contributed by atoms with E-state index in [2.05, 4.69) is 116 Å². The lowest BCUT2D eigenvalue weighted by atomic mass is 9.97. The molecule has 67 heavy (non-hydrogen) atoms. The van der Waals surface area contributed by atoms with Crippen LogP contribution >= 0.6 is 0 Å². The van der Waals surface area contributed by atoms with Crippen LogP contribution in [0.15, 0.2) is 109 Å². The van der Waals surface area contributed by atoms with E-state index in [4.69, 9.17) is 18.9 Å². The van der Waals surface area contributed by atoms with Gasteiger partial charge in [0.05, 0.1) is 32.0 Å². The summed E-state index contributed by atoms with van der Waals surface area (Å²) in [7, 11) is 0. The van der Waals surface area contributed by atoms with Gasteiger partial charge in [-0.25, -0.2) is 0 Å². The molecule has 380 valence electrons. The van der Waals surface area contributed by atoms with Crippen molar-refractivity contribution in [1.82, 2.24) is 5.32 Å². The summed E-state index contributed by atoms with van der Waals surface area (Å²) in [4.78, 5) is 13.1. The highest BCUT2D eigenvalue weighted by atomic mass is 16.7. The van der Waals surface area contributed by atoms with Gasteiger partial charge in [0.1, 0.15) is 48.8 Å². The first kappa shape index (κ1) is 59.8. The molecule has 0 bridgehead atoms. The third-order valence-corrected chi connectivity index (χ3v) is 11.2. The molecule has 14 heteroatoms. The highest BCUT2D eigenvalue weighted by Crippen LogP contribution is 2.30. The van der Waals surface area contributed by atoms with Crippen LogP contribution in [0.2, 0.25) is 0 Å². The fraction of sp³-hybridized carbons (Fsp3) is 0.642. The molecule has 9 N–H and O–H groups in total. The minimum Gasteiger partial charge on any atom is -0.394 e. The largest absolute Gasteiger partial charge is 0.394 e. The second-order valence-electron chi connectivity index (χ2n) is 16.9. The minimum atomic E-state index is -1.80. The third kappa shape index (κ3) is 25.7. The van der Waals surface area contributed by atoms with Gasteiger partial charge in [-0.15, -0.1) is 0 Å². The van der Waals surface area contributed by atoms with Crippen LogP contribution in [0.25, 0.3) is 0 Å². The monoisotopic (exact) mass is 944 g/mol. The van der Waals surface area contributed by atoms with E-state index >= 15 is 0 Å². The van der Waals surface area contributed by atoms with Crippen molar-refractivity contribution in [2.24, 2.45) is 0 Å². The van der Waals surface area contributed by atoms with Crippen molar-refractivity contribution in [3.05, 3.63) is 109 Å². The van der Waals surface area contributed by atoms with Crippen molar-refractivity contribution < 1.29 is 64.6 Å². The van der Waals surface area contributed by atoms with Crippen LogP contribution in [0.3, 0.4) is 0 Å². The molecule has 0 radical (unpaired) electrons. The third-order valence-electron chi connectivity index (χ3n) is 11.2. The quantitative estimate of drug-likeness (QED) is 0.0257. The van der Waals surface area contributed by atoms with Gasteiger partial charge in [-0.05, 0) is 83.5 Å². The Bertz CT molecular complexity index is 1540. The average molecular weight is 944 g/mol. The summed E-state index contributed by atoms with van der Waals surface area (Å²) in [5.41, 5.74) is 0. The molecule has 0 aliphatic carbocycles. The molecule has 12 atom stereocenters. The maximum atomic E-state index is 13.1. The molecular formula is C53H85NO13. The topological polar surface area (TPSA) is 228 Å². The summed E-state index contributed by atoms with van der Waals surface area (Å²) in [5.74, 6) is -0.295. The van der Waals surface area contributed by atoms with Gasteiger partial charge in [-0.2, -0.15) is 0 Å². The summed E-state index contributed by atoms with van der Waals surface area (Å²) < 4.78 is 22.5. The molecular weight excluding hydrogens is 859 g/mol. The van der Waals surface area contributed by atoms with E-state index in [9.17, 15) is 45.6 Å². The van der Waals surface area contributed by atoms with Crippen LogP contribution in [-0.2, 0) is 23.7 Å². The molecule has 0 aromatic carbocycles. The zero-order valence-electron chi connectivity index (χ0n) is 40.1. The van der Waals surface area contributed by atoms with Crippen LogP contribution in [0.4, 0.5) is 0 Å². The fourth-order valence-corrected chi connectivity index (χ4v) is 7.18. The lowest BCUT2D eigenvalue weighted by Gasteiger charge is -2.46. The van der Waals surface area contributed by atoms with Gasteiger partial charge in [0.2, 0.25) is 5.91 Å². The predicted molar refractivity (Wildman–Crippen MR) is 262 cm³/mol. The molecule has 2 fully saturated rings. The van der Waals surface area contributed by atoms with E-state index in [-0.39, 0.29) is 18.9 Å². The number of aliphatic hydroxyl groups is 8. The number of rotatable bonds is 35. The second-order valence-corrected chi connectivity index (χ2v) is 16.9. The molecule has 14 nitrogen and oxygen atoms in total. The second kappa shape index (κ2) is 38.5. The van der Waals surface area contributed by atoms with Crippen molar-refractivity contribution >= 4 is 5.91 Å². The number of aliphatic hydroxyl groups excluding tert-OH is 8. The smallest absolute Gasteiger partial charge is 0.220 e. The van der Waals surface area contributed by atoms with Gasteiger partial charge < -0.3 is 65.1 Å². The molecule has 12 unspecified atom stereocenters. The van der Waals surface area contributed by atoms with E-state index in [1.165, 1.54) is 0 Å². The van der Waals surface area contributed by atoms with E-state index in [0.29, 0.717) is 6.42 Å². The van der Waals surface area contributed by atoms with E-state index in [0.717, 1.165) is 96.3 Å². The van der Waals surface area contributed by atoms with Crippen molar-refractivity contribution in [3.63, 3.8) is 0 Å². The Morgan fingerprint density at radius 1 is 0.552 bits per heavy atom. The molecule has 2 saturated heterocycles. The summed E-state index contributed by atoms with van der Waals surface area (Å²) in [6.07, 6.45) is 36.1.